The molecule has 0 aromatic heterocycles. The van der Waals surface area contributed by atoms with E-state index in [-0.39, 0.29) is 16.5 Å². The number of carbonyl (C=O) groups is 2. The second-order valence-electron chi connectivity index (χ2n) is 5.16. The van der Waals surface area contributed by atoms with Crippen LogP contribution in [0.4, 0.5) is 4.39 Å². The van der Waals surface area contributed by atoms with E-state index in [0.29, 0.717) is 0 Å². The molecule has 1 aromatic rings. The van der Waals surface area contributed by atoms with Gasteiger partial charge in [0.25, 0.3) is 5.91 Å². The molecule has 2 N–H and O–H groups in total. The molecule has 0 radical (unpaired) electrons. The maximum Gasteiger partial charge on any atom is 0.328 e. The van der Waals surface area contributed by atoms with Gasteiger partial charge in [-0.05, 0) is 32.0 Å². The first-order chi connectivity index (χ1) is 10.6. The van der Waals surface area contributed by atoms with Crippen LogP contribution in [-0.2, 0) is 14.8 Å². The number of nitrogens with one attached hydrogen (secondary N) is 1. The molecule has 0 bridgehead atoms. The molecule has 0 saturated carbocycles. The van der Waals surface area contributed by atoms with Crippen LogP contribution in [0.25, 0.3) is 0 Å². The lowest BCUT2D eigenvalue weighted by Gasteiger charge is -2.21. The number of halogens is 1. The summed E-state index contributed by atoms with van der Waals surface area (Å²) in [5, 5.41) is 10.7. The van der Waals surface area contributed by atoms with E-state index in [9.17, 15) is 22.4 Å². The number of aliphatic carboxylic acids is 1. The molecule has 128 valence electrons. The average Bonchev–Trinajstić information content (AvgIpc) is 2.51. The highest BCUT2D eigenvalue weighted by atomic mass is 32.2. The van der Waals surface area contributed by atoms with Gasteiger partial charge in [-0.1, -0.05) is 6.07 Å². The lowest BCUT2D eigenvalue weighted by Crippen LogP contribution is -2.42. The van der Waals surface area contributed by atoms with Gasteiger partial charge in [0, 0.05) is 18.7 Å². The van der Waals surface area contributed by atoms with Crippen LogP contribution in [0, 0.1) is 0 Å². The molecule has 1 amide bonds. The molecule has 0 aliphatic heterocycles. The molecule has 0 aliphatic rings. The summed E-state index contributed by atoms with van der Waals surface area (Å²) >= 11 is 0. The molecule has 1 aromatic carbocycles. The van der Waals surface area contributed by atoms with Gasteiger partial charge in [-0.2, -0.15) is 4.31 Å². The van der Waals surface area contributed by atoms with Gasteiger partial charge in [-0.25, -0.2) is 17.6 Å². The van der Waals surface area contributed by atoms with Crippen molar-refractivity contribution in [2.45, 2.75) is 30.8 Å². The summed E-state index contributed by atoms with van der Waals surface area (Å²) in [5.74, 6) is -2.37. The van der Waals surface area contributed by atoms with Gasteiger partial charge in [-0.15, -0.1) is 0 Å². The Labute approximate surface area is 134 Å². The molecular formula is C14H19FN2O5S. The number of rotatable bonds is 7. The first-order valence-electron chi connectivity index (χ1n) is 6.79. The van der Waals surface area contributed by atoms with Gasteiger partial charge in [0.2, 0.25) is 10.0 Å². The number of sulfonamides is 1. The third-order valence-electron chi connectivity index (χ3n) is 3.26. The molecule has 1 atom stereocenters. The first kappa shape index (κ1) is 19.0. The zero-order valence-electron chi connectivity index (χ0n) is 13.0. The number of alkyl halides is 1. The number of nitrogens with zero attached hydrogens (tertiary/aromatic N) is 1. The largest absolute Gasteiger partial charge is 0.480 e. The number of benzene rings is 1. The molecule has 7 nitrogen and oxygen atoms in total. The second kappa shape index (κ2) is 7.51. The summed E-state index contributed by atoms with van der Waals surface area (Å²) in [6, 6.07) is 3.18. The molecule has 0 aliphatic carbocycles. The monoisotopic (exact) mass is 346 g/mol. The van der Waals surface area contributed by atoms with Crippen LogP contribution in [0.1, 0.15) is 24.2 Å². The maximum atomic E-state index is 12.5. The normalized spacial score (nSPS) is 13.1. The first-order valence-corrected chi connectivity index (χ1v) is 8.23. The highest BCUT2D eigenvalue weighted by molar-refractivity contribution is 7.89. The van der Waals surface area contributed by atoms with E-state index in [2.05, 4.69) is 0 Å². The highest BCUT2D eigenvalue weighted by Gasteiger charge is 2.25. The summed E-state index contributed by atoms with van der Waals surface area (Å²) in [4.78, 5) is 22.6. The van der Waals surface area contributed by atoms with Crippen LogP contribution in [0.5, 0.6) is 0 Å². The van der Waals surface area contributed by atoms with Crippen molar-refractivity contribution < 1.29 is 27.5 Å². The van der Waals surface area contributed by atoms with E-state index in [1.54, 1.807) is 13.8 Å². The second-order valence-corrected chi connectivity index (χ2v) is 7.16. The maximum absolute atomic E-state index is 12.5. The number of carbonyl (C=O) groups excluding carboxylic acids is 1. The minimum absolute atomic E-state index is 0.0667. The zero-order chi connectivity index (χ0) is 17.8. The van der Waals surface area contributed by atoms with Gasteiger partial charge in [0.05, 0.1) is 4.90 Å². The van der Waals surface area contributed by atoms with Gasteiger partial charge in [0.1, 0.15) is 6.67 Å². The van der Waals surface area contributed by atoms with E-state index in [1.807, 2.05) is 5.32 Å². The molecule has 1 rings (SSSR count). The fourth-order valence-electron chi connectivity index (χ4n) is 1.65. The molecule has 0 spiro atoms. The number of hydrogen-bond acceptors (Lipinski definition) is 4. The molecule has 1 unspecified atom stereocenters. The van der Waals surface area contributed by atoms with Crippen molar-refractivity contribution in [3.05, 3.63) is 29.8 Å². The van der Waals surface area contributed by atoms with Crippen molar-refractivity contribution in [3.63, 3.8) is 0 Å². The number of amides is 1. The average molecular weight is 346 g/mol. The topological polar surface area (TPSA) is 104 Å². The Balaban J connectivity index is 3.10. The van der Waals surface area contributed by atoms with E-state index >= 15 is 0 Å². The third-order valence-corrected chi connectivity index (χ3v) is 5.29. The molecule has 0 saturated heterocycles. The van der Waals surface area contributed by atoms with Gasteiger partial charge >= 0.3 is 5.97 Å². The van der Waals surface area contributed by atoms with Crippen LogP contribution in [0.15, 0.2) is 29.2 Å². The molecule has 0 heterocycles. The van der Waals surface area contributed by atoms with Crippen molar-refractivity contribution in [1.29, 1.82) is 0 Å². The van der Waals surface area contributed by atoms with E-state index in [1.165, 1.54) is 25.2 Å². The summed E-state index contributed by atoms with van der Waals surface area (Å²) < 4.78 is 38.4. The fourth-order valence-corrected chi connectivity index (χ4v) is 3.06. The van der Waals surface area contributed by atoms with E-state index in [4.69, 9.17) is 5.11 Å². The molecular weight excluding hydrogens is 327 g/mol. The minimum atomic E-state index is -3.78. The Kier molecular flexibility index (Phi) is 6.22. The Morgan fingerprint density at radius 3 is 2.43 bits per heavy atom. The van der Waals surface area contributed by atoms with Gasteiger partial charge in [0.15, 0.2) is 6.04 Å². The number of hydrogen-bond donors (Lipinski definition) is 2. The standard InChI is InChI=1S/C14H19FN2O5S/c1-9(2)17(3)23(21,22)11-6-4-5-10(7-11)13(18)16-12(8-15)14(19)20/h4-7,9,12H,8H2,1-3H3,(H,16,18)(H,19,20). The highest BCUT2D eigenvalue weighted by Crippen LogP contribution is 2.18. The van der Waals surface area contributed by atoms with Crippen molar-refractivity contribution in [1.82, 2.24) is 9.62 Å². The minimum Gasteiger partial charge on any atom is -0.480 e. The van der Waals surface area contributed by atoms with Crippen LogP contribution in [0.3, 0.4) is 0 Å². The number of carboxylic acid groups (broad SMARTS) is 1. The molecule has 9 heteroatoms. The van der Waals surface area contributed by atoms with Crippen molar-refractivity contribution in [2.24, 2.45) is 0 Å². The van der Waals surface area contributed by atoms with Gasteiger partial charge in [-0.3, -0.25) is 4.79 Å². The van der Waals surface area contributed by atoms with Crippen LogP contribution in [-0.4, -0.2) is 55.5 Å². The number of carboxylic acids is 1. The van der Waals surface area contributed by atoms with Crippen LogP contribution < -0.4 is 5.32 Å². The fraction of sp³-hybridized carbons (Fsp3) is 0.429. The summed E-state index contributed by atoms with van der Waals surface area (Å²) in [6.07, 6.45) is 0. The Hall–Kier alpha value is -2.00. The van der Waals surface area contributed by atoms with Crippen molar-refractivity contribution in [3.8, 4) is 0 Å². The van der Waals surface area contributed by atoms with Crippen LogP contribution in [0.2, 0.25) is 0 Å². The van der Waals surface area contributed by atoms with Crippen molar-refractivity contribution in [2.75, 3.05) is 13.7 Å². The predicted octanol–water partition coefficient (Wildman–Crippen LogP) is 0.868. The summed E-state index contributed by atoms with van der Waals surface area (Å²) in [6.45, 7) is 2.13. The zero-order valence-corrected chi connectivity index (χ0v) is 13.8. The van der Waals surface area contributed by atoms with Crippen molar-refractivity contribution >= 4 is 21.9 Å². The lowest BCUT2D eigenvalue weighted by molar-refractivity contribution is -0.139. The predicted molar refractivity (Wildman–Crippen MR) is 81.4 cm³/mol. The van der Waals surface area contributed by atoms with E-state index < -0.39 is 34.6 Å². The van der Waals surface area contributed by atoms with Crippen LogP contribution >= 0.6 is 0 Å². The summed E-state index contributed by atoms with van der Waals surface area (Å²) in [7, 11) is -2.37. The lowest BCUT2D eigenvalue weighted by atomic mass is 10.2. The smallest absolute Gasteiger partial charge is 0.328 e. The Morgan fingerprint density at radius 2 is 1.96 bits per heavy atom. The molecule has 0 fully saturated rings. The quantitative estimate of drug-likeness (QED) is 0.762. The molecule has 23 heavy (non-hydrogen) atoms. The Morgan fingerprint density at radius 1 is 1.35 bits per heavy atom. The Bertz CT molecular complexity index is 690. The van der Waals surface area contributed by atoms with E-state index in [0.717, 1.165) is 10.4 Å². The SMILES string of the molecule is CC(C)N(C)S(=O)(=O)c1cccc(C(=O)NC(CF)C(=O)O)c1. The van der Waals surface area contributed by atoms with Gasteiger partial charge < -0.3 is 10.4 Å². The summed E-state index contributed by atoms with van der Waals surface area (Å²) in [5.41, 5.74) is -0.0667. The third kappa shape index (κ3) is 4.49.